The largest absolute Gasteiger partial charge is 0.380 e. The Balaban J connectivity index is 2.58. The van der Waals surface area contributed by atoms with E-state index < -0.39 is 0 Å². The van der Waals surface area contributed by atoms with Gasteiger partial charge in [0.2, 0.25) is 0 Å². The minimum Gasteiger partial charge on any atom is -0.380 e. The van der Waals surface area contributed by atoms with Crippen molar-refractivity contribution in [3.05, 3.63) is 0 Å². The van der Waals surface area contributed by atoms with Crippen LogP contribution in [-0.2, 0) is 4.74 Å². The van der Waals surface area contributed by atoms with Gasteiger partial charge >= 0.3 is 0 Å². The van der Waals surface area contributed by atoms with Crippen LogP contribution in [0.2, 0.25) is 0 Å². The van der Waals surface area contributed by atoms with E-state index in [1.165, 1.54) is 38.5 Å². The van der Waals surface area contributed by atoms with Gasteiger partial charge in [0, 0.05) is 13.2 Å². The Kier molecular flexibility index (Phi) is 7.14. The molecule has 2 nitrogen and oxygen atoms in total. The first kappa shape index (κ1) is 15.0. The van der Waals surface area contributed by atoms with Crippen LogP contribution in [0.3, 0.4) is 0 Å². The van der Waals surface area contributed by atoms with Crippen molar-refractivity contribution in [2.24, 2.45) is 11.8 Å². The number of ether oxygens (including phenoxy) is 1. The highest BCUT2D eigenvalue weighted by molar-refractivity contribution is 4.85. The highest BCUT2D eigenvalue weighted by Gasteiger charge is 2.30. The standard InChI is InChI=1S/C15H31NO/c1-5-16-14(11-12(2)3)15(17-4)13-9-7-6-8-10-13/h12-16H,5-11H2,1-4H3. The molecule has 2 unspecified atom stereocenters. The second-order valence-electron chi connectivity index (χ2n) is 5.89. The first-order chi connectivity index (χ1) is 8.19. The summed E-state index contributed by atoms with van der Waals surface area (Å²) in [6.45, 7) is 7.85. The van der Waals surface area contributed by atoms with Crippen LogP contribution in [0, 0.1) is 11.8 Å². The fourth-order valence-electron chi connectivity index (χ4n) is 3.25. The Hall–Kier alpha value is -0.0800. The molecule has 0 saturated heterocycles. The average Bonchev–Trinajstić information content (AvgIpc) is 2.31. The molecule has 0 bridgehead atoms. The van der Waals surface area contributed by atoms with Gasteiger partial charge in [-0.3, -0.25) is 0 Å². The molecule has 1 N–H and O–H groups in total. The zero-order valence-electron chi connectivity index (χ0n) is 12.2. The maximum absolute atomic E-state index is 5.84. The van der Waals surface area contributed by atoms with E-state index in [1.54, 1.807) is 0 Å². The van der Waals surface area contributed by atoms with Crippen molar-refractivity contribution >= 4 is 0 Å². The van der Waals surface area contributed by atoms with Crippen LogP contribution in [0.15, 0.2) is 0 Å². The van der Waals surface area contributed by atoms with Crippen molar-refractivity contribution in [1.82, 2.24) is 5.32 Å². The Labute approximate surface area is 108 Å². The van der Waals surface area contributed by atoms with Crippen molar-refractivity contribution in [1.29, 1.82) is 0 Å². The number of likely N-dealkylation sites (N-methyl/N-ethyl adjacent to an activating group) is 1. The number of methoxy groups -OCH3 is 1. The van der Waals surface area contributed by atoms with Gasteiger partial charge in [0.1, 0.15) is 0 Å². The third-order valence-electron chi connectivity index (χ3n) is 3.97. The molecule has 0 heterocycles. The van der Waals surface area contributed by atoms with Crippen molar-refractivity contribution in [2.45, 2.75) is 71.4 Å². The molecule has 102 valence electrons. The van der Waals surface area contributed by atoms with Gasteiger partial charge in [0.15, 0.2) is 0 Å². The molecule has 0 aliphatic heterocycles. The third-order valence-corrected chi connectivity index (χ3v) is 3.97. The Morgan fingerprint density at radius 3 is 2.29 bits per heavy atom. The third kappa shape index (κ3) is 4.97. The first-order valence-electron chi connectivity index (χ1n) is 7.45. The molecule has 0 aromatic carbocycles. The molecule has 1 aliphatic rings. The quantitative estimate of drug-likeness (QED) is 0.735. The molecule has 0 amide bonds. The highest BCUT2D eigenvalue weighted by Crippen LogP contribution is 2.30. The molecule has 2 heteroatoms. The molecular formula is C15H31NO. The first-order valence-corrected chi connectivity index (χ1v) is 7.45. The fourth-order valence-corrected chi connectivity index (χ4v) is 3.25. The predicted octanol–water partition coefficient (Wildman–Crippen LogP) is 3.61. The zero-order chi connectivity index (χ0) is 12.7. The molecule has 0 aromatic heterocycles. The molecule has 0 radical (unpaired) electrons. The Morgan fingerprint density at radius 2 is 1.82 bits per heavy atom. The van der Waals surface area contributed by atoms with Crippen LogP contribution in [0.1, 0.15) is 59.3 Å². The highest BCUT2D eigenvalue weighted by atomic mass is 16.5. The van der Waals surface area contributed by atoms with Gasteiger partial charge in [-0.15, -0.1) is 0 Å². The number of nitrogens with one attached hydrogen (secondary N) is 1. The summed E-state index contributed by atoms with van der Waals surface area (Å²) in [6, 6.07) is 0.535. The van der Waals surface area contributed by atoms with E-state index >= 15 is 0 Å². The molecule has 1 aliphatic carbocycles. The maximum atomic E-state index is 5.84. The van der Waals surface area contributed by atoms with E-state index in [4.69, 9.17) is 4.74 Å². The van der Waals surface area contributed by atoms with E-state index in [2.05, 4.69) is 26.1 Å². The number of hydrogen-bond donors (Lipinski definition) is 1. The van der Waals surface area contributed by atoms with E-state index in [0.29, 0.717) is 12.1 Å². The molecule has 1 saturated carbocycles. The number of hydrogen-bond acceptors (Lipinski definition) is 2. The second kappa shape index (κ2) is 8.10. The molecule has 1 rings (SSSR count). The summed E-state index contributed by atoms with van der Waals surface area (Å²) >= 11 is 0. The van der Waals surface area contributed by atoms with Gasteiger partial charge < -0.3 is 10.1 Å². The fraction of sp³-hybridized carbons (Fsp3) is 1.00. The molecule has 1 fully saturated rings. The summed E-state index contributed by atoms with van der Waals surface area (Å²) in [7, 11) is 1.89. The van der Waals surface area contributed by atoms with Crippen molar-refractivity contribution in [2.75, 3.05) is 13.7 Å². The minimum atomic E-state index is 0.414. The van der Waals surface area contributed by atoms with Crippen molar-refractivity contribution in [3.8, 4) is 0 Å². The summed E-state index contributed by atoms with van der Waals surface area (Å²) in [5, 5.41) is 3.64. The summed E-state index contributed by atoms with van der Waals surface area (Å²) < 4.78 is 5.84. The predicted molar refractivity (Wildman–Crippen MR) is 74.3 cm³/mol. The van der Waals surface area contributed by atoms with Crippen molar-refractivity contribution < 1.29 is 4.74 Å². The lowest BCUT2D eigenvalue weighted by Crippen LogP contribution is -2.46. The molecule has 2 atom stereocenters. The van der Waals surface area contributed by atoms with Gasteiger partial charge in [-0.05, 0) is 37.6 Å². The summed E-state index contributed by atoms with van der Waals surface area (Å²) in [4.78, 5) is 0. The van der Waals surface area contributed by atoms with Crippen LogP contribution in [0.25, 0.3) is 0 Å². The average molecular weight is 241 g/mol. The van der Waals surface area contributed by atoms with Gasteiger partial charge in [0.05, 0.1) is 6.10 Å². The lowest BCUT2D eigenvalue weighted by molar-refractivity contribution is 0.00355. The van der Waals surface area contributed by atoms with Gasteiger partial charge in [-0.25, -0.2) is 0 Å². The van der Waals surface area contributed by atoms with Gasteiger partial charge in [-0.2, -0.15) is 0 Å². The smallest absolute Gasteiger partial charge is 0.0752 e. The molecule has 17 heavy (non-hydrogen) atoms. The van der Waals surface area contributed by atoms with Crippen molar-refractivity contribution in [3.63, 3.8) is 0 Å². The van der Waals surface area contributed by atoms with E-state index in [1.807, 2.05) is 7.11 Å². The van der Waals surface area contributed by atoms with Crippen LogP contribution in [-0.4, -0.2) is 25.8 Å². The molecule has 0 aromatic rings. The van der Waals surface area contributed by atoms with E-state index in [9.17, 15) is 0 Å². The monoisotopic (exact) mass is 241 g/mol. The minimum absolute atomic E-state index is 0.414. The summed E-state index contributed by atoms with van der Waals surface area (Å²) in [6.07, 6.45) is 8.57. The zero-order valence-corrected chi connectivity index (χ0v) is 12.2. The van der Waals surface area contributed by atoms with E-state index in [-0.39, 0.29) is 0 Å². The molecular weight excluding hydrogens is 210 g/mol. The van der Waals surface area contributed by atoms with Gasteiger partial charge in [-0.1, -0.05) is 40.0 Å². The summed E-state index contributed by atoms with van der Waals surface area (Å²) in [5.41, 5.74) is 0. The van der Waals surface area contributed by atoms with Gasteiger partial charge in [0.25, 0.3) is 0 Å². The molecule has 0 spiro atoms. The maximum Gasteiger partial charge on any atom is 0.0752 e. The SMILES string of the molecule is CCNC(CC(C)C)C(OC)C1CCCCC1. The van der Waals surface area contributed by atoms with Crippen LogP contribution >= 0.6 is 0 Å². The summed E-state index contributed by atoms with van der Waals surface area (Å²) in [5.74, 6) is 1.51. The Bertz CT molecular complexity index is 187. The second-order valence-corrected chi connectivity index (χ2v) is 5.89. The normalized spacial score (nSPS) is 21.7. The van der Waals surface area contributed by atoms with Crippen LogP contribution in [0.5, 0.6) is 0 Å². The van der Waals surface area contributed by atoms with E-state index in [0.717, 1.165) is 18.4 Å². The van der Waals surface area contributed by atoms with Crippen LogP contribution < -0.4 is 5.32 Å². The van der Waals surface area contributed by atoms with Crippen LogP contribution in [0.4, 0.5) is 0 Å². The Morgan fingerprint density at radius 1 is 1.18 bits per heavy atom. The topological polar surface area (TPSA) is 21.3 Å². The number of rotatable bonds is 7. The lowest BCUT2D eigenvalue weighted by Gasteiger charge is -2.36. The lowest BCUT2D eigenvalue weighted by atomic mass is 9.81.